The van der Waals surface area contributed by atoms with Crippen molar-refractivity contribution in [1.29, 1.82) is 0 Å². The van der Waals surface area contributed by atoms with E-state index in [9.17, 15) is 13.2 Å². The van der Waals surface area contributed by atoms with E-state index in [0.717, 1.165) is 0 Å². The first kappa shape index (κ1) is 18.1. The smallest absolute Gasteiger partial charge is 0.346 e. The zero-order valence-electron chi connectivity index (χ0n) is 11.1. The third-order valence-electron chi connectivity index (χ3n) is 1.87. The molecule has 114 valence electrons. The van der Waals surface area contributed by atoms with Crippen LogP contribution in [0.4, 0.5) is 0 Å². The van der Waals surface area contributed by atoms with E-state index in [1.54, 1.807) is 17.0 Å². The number of carbonyl (C=O) groups is 1. The lowest BCUT2D eigenvalue weighted by atomic mass is 10.2. The third-order valence-corrected chi connectivity index (χ3v) is 2.33. The van der Waals surface area contributed by atoms with E-state index in [-0.39, 0.29) is 5.56 Å². The van der Waals surface area contributed by atoms with E-state index in [1.165, 1.54) is 27.3 Å². The third kappa shape index (κ3) is 6.89. The minimum atomic E-state index is -4.04. The van der Waals surface area contributed by atoms with Gasteiger partial charge in [-0.3, -0.25) is 4.55 Å². The number of hydrazine groups is 1. The van der Waals surface area contributed by atoms with Gasteiger partial charge in [0.05, 0.1) is 14.2 Å². The molecule has 1 rings (SSSR count). The number of carboxylic acid groups (broad SMARTS) is 1. The Morgan fingerprint density at radius 3 is 2.15 bits per heavy atom. The van der Waals surface area contributed by atoms with Crippen LogP contribution in [0.3, 0.4) is 0 Å². The van der Waals surface area contributed by atoms with Gasteiger partial charge < -0.3 is 14.6 Å². The molecule has 0 unspecified atom stereocenters. The molecule has 0 amide bonds. The largest absolute Gasteiger partial charge is 0.497 e. The molecule has 4 N–H and O–H groups in total. The van der Waals surface area contributed by atoms with Crippen molar-refractivity contribution >= 4 is 16.3 Å². The molecule has 0 fully saturated rings. The molecule has 0 aliphatic heterocycles. The molecule has 1 aromatic rings. The Bertz CT molecular complexity index is 545. The van der Waals surface area contributed by atoms with Gasteiger partial charge in [-0.05, 0) is 25.2 Å². The van der Waals surface area contributed by atoms with Gasteiger partial charge >= 0.3 is 16.3 Å². The van der Waals surface area contributed by atoms with Gasteiger partial charge in [-0.2, -0.15) is 8.42 Å². The molecule has 0 heterocycles. The second kappa shape index (κ2) is 8.32. The van der Waals surface area contributed by atoms with Gasteiger partial charge in [0.15, 0.2) is 0 Å². The molecular formula is C10H16N2O7S. The predicted molar refractivity (Wildman–Crippen MR) is 70.2 cm³/mol. The molecule has 0 aliphatic carbocycles. The highest BCUT2D eigenvalue weighted by Crippen LogP contribution is 2.23. The van der Waals surface area contributed by atoms with Crippen molar-refractivity contribution in [2.45, 2.75) is 0 Å². The van der Waals surface area contributed by atoms with Crippen molar-refractivity contribution in [1.82, 2.24) is 10.3 Å². The molecule has 0 aliphatic rings. The summed E-state index contributed by atoms with van der Waals surface area (Å²) in [7, 11) is 0.196. The van der Waals surface area contributed by atoms with E-state index < -0.39 is 16.3 Å². The molecule has 9 nitrogen and oxygen atoms in total. The standard InChI is InChI=1S/C9H10O4.CH6N2O3S/c1-12-6-3-4-8(13-2)7(5-6)9(10)11;1-2-3-7(4,5)6/h3-5H,1-2H3,(H,10,11);2-3H,1H3,(H,4,5,6). The molecule has 20 heavy (non-hydrogen) atoms. The van der Waals surface area contributed by atoms with E-state index >= 15 is 0 Å². The van der Waals surface area contributed by atoms with Crippen LogP contribution in [0, 0.1) is 0 Å². The fourth-order valence-corrected chi connectivity index (χ4v) is 1.37. The van der Waals surface area contributed by atoms with Gasteiger partial charge in [0.25, 0.3) is 0 Å². The van der Waals surface area contributed by atoms with E-state index in [0.29, 0.717) is 11.5 Å². The van der Waals surface area contributed by atoms with Crippen molar-refractivity contribution in [3.05, 3.63) is 23.8 Å². The van der Waals surface area contributed by atoms with Crippen LogP contribution in [0.2, 0.25) is 0 Å². The molecule has 0 bridgehead atoms. The lowest BCUT2D eigenvalue weighted by molar-refractivity contribution is 0.0693. The quantitative estimate of drug-likeness (QED) is 0.438. The summed E-state index contributed by atoms with van der Waals surface area (Å²) in [6.07, 6.45) is 0. The summed E-state index contributed by atoms with van der Waals surface area (Å²) < 4.78 is 36.8. The maximum Gasteiger partial charge on any atom is 0.346 e. The lowest BCUT2D eigenvalue weighted by Crippen LogP contribution is -2.33. The topological polar surface area (TPSA) is 134 Å². The number of hydrogen-bond acceptors (Lipinski definition) is 6. The summed E-state index contributed by atoms with van der Waals surface area (Å²) in [4.78, 5) is 12.3. The number of ether oxygens (including phenoxy) is 2. The fourth-order valence-electron chi connectivity index (χ4n) is 1.11. The average Bonchev–Trinajstić information content (AvgIpc) is 2.37. The average molecular weight is 308 g/mol. The maximum atomic E-state index is 10.7. The van der Waals surface area contributed by atoms with Crippen LogP contribution in [-0.4, -0.2) is 45.3 Å². The molecule has 0 spiro atoms. The zero-order valence-corrected chi connectivity index (χ0v) is 11.9. The zero-order chi connectivity index (χ0) is 15.8. The maximum absolute atomic E-state index is 10.7. The fraction of sp³-hybridized carbons (Fsp3) is 0.300. The highest BCUT2D eigenvalue weighted by molar-refractivity contribution is 7.83. The summed E-state index contributed by atoms with van der Waals surface area (Å²) in [5.41, 5.74) is 2.12. The SMILES string of the molecule is CNNS(=O)(=O)O.COc1ccc(OC)c(C(=O)O)c1. The van der Waals surface area contributed by atoms with Crippen molar-refractivity contribution in [3.63, 3.8) is 0 Å². The van der Waals surface area contributed by atoms with Crippen molar-refractivity contribution in [2.24, 2.45) is 0 Å². The minimum absolute atomic E-state index is 0.0989. The van der Waals surface area contributed by atoms with Gasteiger partial charge in [-0.1, -0.05) is 0 Å². The second-order valence-electron chi connectivity index (χ2n) is 3.20. The Kier molecular flexibility index (Phi) is 7.54. The molecule has 0 saturated carbocycles. The van der Waals surface area contributed by atoms with Gasteiger partial charge in [-0.15, -0.1) is 4.83 Å². The minimum Gasteiger partial charge on any atom is -0.497 e. The summed E-state index contributed by atoms with van der Waals surface area (Å²) >= 11 is 0. The van der Waals surface area contributed by atoms with Crippen LogP contribution in [0.15, 0.2) is 18.2 Å². The highest BCUT2D eigenvalue weighted by atomic mass is 32.2. The Morgan fingerprint density at radius 1 is 1.25 bits per heavy atom. The van der Waals surface area contributed by atoms with Gasteiger partial charge in [0, 0.05) is 0 Å². The summed E-state index contributed by atoms with van der Waals surface area (Å²) in [5.74, 6) is -0.206. The van der Waals surface area contributed by atoms with Crippen molar-refractivity contribution in [3.8, 4) is 11.5 Å². The van der Waals surface area contributed by atoms with E-state index in [4.69, 9.17) is 19.1 Å². The summed E-state index contributed by atoms with van der Waals surface area (Å²) in [6, 6.07) is 4.62. The van der Waals surface area contributed by atoms with Crippen molar-refractivity contribution in [2.75, 3.05) is 21.3 Å². The Labute approximate surface area is 116 Å². The van der Waals surface area contributed by atoms with Gasteiger partial charge in [0.1, 0.15) is 17.1 Å². The van der Waals surface area contributed by atoms with Crippen LogP contribution in [0.25, 0.3) is 0 Å². The molecule has 0 radical (unpaired) electrons. The molecule has 0 saturated heterocycles. The second-order valence-corrected chi connectivity index (χ2v) is 4.35. The van der Waals surface area contributed by atoms with E-state index in [2.05, 4.69) is 0 Å². The predicted octanol–water partition coefficient (Wildman–Crippen LogP) is -0.0848. The van der Waals surface area contributed by atoms with Crippen LogP contribution < -0.4 is 19.7 Å². The lowest BCUT2D eigenvalue weighted by Gasteiger charge is -2.06. The molecular weight excluding hydrogens is 292 g/mol. The first-order valence-corrected chi connectivity index (χ1v) is 6.55. The summed E-state index contributed by atoms with van der Waals surface area (Å²) in [6.45, 7) is 0. The van der Waals surface area contributed by atoms with Crippen LogP contribution in [0.5, 0.6) is 11.5 Å². The van der Waals surface area contributed by atoms with Crippen LogP contribution in [-0.2, 0) is 10.3 Å². The number of carboxylic acids is 1. The molecule has 0 atom stereocenters. The number of rotatable bonds is 5. The normalized spacial score (nSPS) is 10.2. The van der Waals surface area contributed by atoms with Crippen molar-refractivity contribution < 1.29 is 32.3 Å². The molecule has 1 aromatic carbocycles. The monoisotopic (exact) mass is 308 g/mol. The highest BCUT2D eigenvalue weighted by Gasteiger charge is 2.11. The van der Waals surface area contributed by atoms with E-state index in [1.807, 2.05) is 5.43 Å². The van der Waals surface area contributed by atoms with Gasteiger partial charge in [-0.25, -0.2) is 10.2 Å². The number of methoxy groups -OCH3 is 2. The molecule has 10 heteroatoms. The van der Waals surface area contributed by atoms with Crippen LogP contribution in [0.1, 0.15) is 10.4 Å². The van der Waals surface area contributed by atoms with Gasteiger partial charge in [0.2, 0.25) is 0 Å². The number of nitrogens with one attached hydrogen (secondary N) is 2. The number of aromatic carboxylic acids is 1. The first-order valence-electron chi connectivity index (χ1n) is 5.11. The Hall–Kier alpha value is -1.88. The Morgan fingerprint density at radius 2 is 1.85 bits per heavy atom. The molecule has 0 aromatic heterocycles. The number of hydrogen-bond donors (Lipinski definition) is 4. The number of benzene rings is 1. The first-order chi connectivity index (χ1) is 9.25. The Balaban J connectivity index is 0.000000441. The summed E-state index contributed by atoms with van der Waals surface area (Å²) in [5, 5.41) is 8.78. The van der Waals surface area contributed by atoms with Crippen LogP contribution >= 0.6 is 0 Å².